The highest BCUT2D eigenvalue weighted by atomic mass is 14.2. The van der Waals surface area contributed by atoms with E-state index >= 15 is 0 Å². The van der Waals surface area contributed by atoms with E-state index in [-0.39, 0.29) is 0 Å². The number of benzene rings is 6. The molecule has 0 aliphatic heterocycles. The first kappa shape index (κ1) is 18.0. The summed E-state index contributed by atoms with van der Waals surface area (Å²) in [5, 5.41) is 7.57. The molecule has 0 bridgehead atoms. The van der Waals surface area contributed by atoms with Gasteiger partial charge in [-0.3, -0.25) is 0 Å². The zero-order chi connectivity index (χ0) is 20.8. The summed E-state index contributed by atoms with van der Waals surface area (Å²) in [6.45, 7) is 0. The molecule has 0 saturated heterocycles. The third kappa shape index (κ3) is 2.93. The van der Waals surface area contributed by atoms with E-state index in [2.05, 4.69) is 103 Å². The Morgan fingerprint density at radius 1 is 0.387 bits per heavy atom. The highest BCUT2D eigenvalue weighted by Gasteiger charge is 2.16. The van der Waals surface area contributed by atoms with Gasteiger partial charge in [0.1, 0.15) is 7.85 Å². The smallest absolute Gasteiger partial charge is 0.0966 e. The van der Waals surface area contributed by atoms with Gasteiger partial charge in [0.25, 0.3) is 0 Å². The molecule has 6 aromatic carbocycles. The van der Waals surface area contributed by atoms with Gasteiger partial charge in [0.15, 0.2) is 0 Å². The zero-order valence-electron chi connectivity index (χ0n) is 17.0. The molecule has 0 aliphatic carbocycles. The van der Waals surface area contributed by atoms with Gasteiger partial charge in [-0.2, -0.15) is 0 Å². The third-order valence-electron chi connectivity index (χ3n) is 6.17. The predicted molar refractivity (Wildman–Crippen MR) is 135 cm³/mol. The van der Waals surface area contributed by atoms with Crippen molar-refractivity contribution in [2.45, 2.75) is 0 Å². The van der Waals surface area contributed by atoms with Crippen LogP contribution in [0.15, 0.2) is 115 Å². The molecular weight excluding hydrogens is 371 g/mol. The van der Waals surface area contributed by atoms with E-state index in [1.54, 1.807) is 0 Å². The SMILES string of the molecule is [B]c1ccc(-c2c3ccccc3c(-c3ccc4ccccc4c3)c3ccccc23)cc1. The van der Waals surface area contributed by atoms with Crippen molar-refractivity contribution in [2.75, 3.05) is 0 Å². The summed E-state index contributed by atoms with van der Waals surface area (Å²) >= 11 is 0. The molecule has 0 amide bonds. The number of hydrogen-bond donors (Lipinski definition) is 0. The lowest BCUT2D eigenvalue weighted by Crippen LogP contribution is -1.99. The Hall–Kier alpha value is -3.84. The lowest BCUT2D eigenvalue weighted by molar-refractivity contribution is 1.68. The zero-order valence-corrected chi connectivity index (χ0v) is 17.0. The van der Waals surface area contributed by atoms with E-state index < -0.39 is 0 Å². The summed E-state index contributed by atoms with van der Waals surface area (Å²) in [5.74, 6) is 0. The summed E-state index contributed by atoms with van der Waals surface area (Å²) in [6, 6.07) is 41.0. The van der Waals surface area contributed by atoms with Gasteiger partial charge in [-0.1, -0.05) is 115 Å². The van der Waals surface area contributed by atoms with E-state index in [1.807, 2.05) is 12.1 Å². The molecule has 0 saturated carbocycles. The van der Waals surface area contributed by atoms with Gasteiger partial charge in [-0.05, 0) is 60.6 Å². The van der Waals surface area contributed by atoms with Crippen LogP contribution >= 0.6 is 0 Å². The molecular formula is C30H19B. The van der Waals surface area contributed by atoms with E-state index in [0.29, 0.717) is 0 Å². The second kappa shape index (κ2) is 7.14. The number of fused-ring (bicyclic) bond motifs is 3. The van der Waals surface area contributed by atoms with Gasteiger partial charge in [0, 0.05) is 0 Å². The van der Waals surface area contributed by atoms with Crippen LogP contribution in [0.2, 0.25) is 0 Å². The Morgan fingerprint density at radius 3 is 1.42 bits per heavy atom. The highest BCUT2D eigenvalue weighted by Crippen LogP contribution is 2.43. The van der Waals surface area contributed by atoms with Gasteiger partial charge in [0.05, 0.1) is 0 Å². The Balaban J connectivity index is 1.76. The molecule has 0 aliphatic rings. The lowest BCUT2D eigenvalue weighted by atomic mass is 9.85. The monoisotopic (exact) mass is 390 g/mol. The fraction of sp³-hybridized carbons (Fsp3) is 0. The summed E-state index contributed by atoms with van der Waals surface area (Å²) in [4.78, 5) is 0. The molecule has 0 fully saturated rings. The van der Waals surface area contributed by atoms with Gasteiger partial charge in [0.2, 0.25) is 0 Å². The largest absolute Gasteiger partial charge is 0.113 e. The van der Waals surface area contributed by atoms with Gasteiger partial charge in [-0.25, -0.2) is 0 Å². The quantitative estimate of drug-likeness (QED) is 0.215. The fourth-order valence-electron chi connectivity index (χ4n) is 4.75. The molecule has 6 rings (SSSR count). The maximum Gasteiger partial charge on any atom is 0.113 e. The maximum atomic E-state index is 5.98. The number of rotatable bonds is 2. The van der Waals surface area contributed by atoms with Crippen molar-refractivity contribution in [1.29, 1.82) is 0 Å². The lowest BCUT2D eigenvalue weighted by Gasteiger charge is -2.18. The molecule has 2 radical (unpaired) electrons. The second-order valence-electron chi connectivity index (χ2n) is 8.03. The topological polar surface area (TPSA) is 0 Å². The average molecular weight is 390 g/mol. The highest BCUT2D eigenvalue weighted by molar-refractivity contribution is 6.32. The third-order valence-corrected chi connectivity index (χ3v) is 6.17. The van der Waals surface area contributed by atoms with Crippen molar-refractivity contribution in [3.63, 3.8) is 0 Å². The van der Waals surface area contributed by atoms with Crippen LogP contribution in [0.25, 0.3) is 54.6 Å². The van der Waals surface area contributed by atoms with E-state index in [4.69, 9.17) is 7.85 Å². The van der Waals surface area contributed by atoms with Crippen molar-refractivity contribution in [3.05, 3.63) is 115 Å². The van der Waals surface area contributed by atoms with E-state index in [1.165, 1.54) is 54.6 Å². The van der Waals surface area contributed by atoms with Crippen LogP contribution in [0.4, 0.5) is 0 Å². The van der Waals surface area contributed by atoms with Crippen LogP contribution in [0.1, 0.15) is 0 Å². The molecule has 0 atom stereocenters. The molecule has 6 aromatic rings. The molecule has 1 heteroatoms. The molecule has 142 valence electrons. The van der Waals surface area contributed by atoms with Gasteiger partial charge in [-0.15, -0.1) is 0 Å². The Morgan fingerprint density at radius 2 is 0.839 bits per heavy atom. The first-order valence-corrected chi connectivity index (χ1v) is 10.6. The number of hydrogen-bond acceptors (Lipinski definition) is 0. The fourth-order valence-corrected chi connectivity index (χ4v) is 4.75. The minimum Gasteiger partial charge on any atom is -0.0966 e. The normalized spacial score (nSPS) is 11.4. The van der Waals surface area contributed by atoms with Crippen LogP contribution in [0.3, 0.4) is 0 Å². The van der Waals surface area contributed by atoms with Crippen LogP contribution < -0.4 is 5.46 Å². The first-order chi connectivity index (χ1) is 15.3. The summed E-state index contributed by atoms with van der Waals surface area (Å²) < 4.78 is 0. The Kier molecular flexibility index (Phi) is 4.14. The van der Waals surface area contributed by atoms with Crippen molar-refractivity contribution in [3.8, 4) is 22.3 Å². The summed E-state index contributed by atoms with van der Waals surface area (Å²) in [6.07, 6.45) is 0. The van der Waals surface area contributed by atoms with Crippen molar-refractivity contribution in [1.82, 2.24) is 0 Å². The Labute approximate surface area is 183 Å². The molecule has 0 heterocycles. The van der Waals surface area contributed by atoms with Crippen molar-refractivity contribution in [2.24, 2.45) is 0 Å². The van der Waals surface area contributed by atoms with E-state index in [9.17, 15) is 0 Å². The van der Waals surface area contributed by atoms with Crippen LogP contribution in [0, 0.1) is 0 Å². The minimum atomic E-state index is 0.783. The Bertz CT molecular complexity index is 1520. The molecule has 0 spiro atoms. The summed E-state index contributed by atoms with van der Waals surface area (Å²) in [7, 11) is 5.98. The first-order valence-electron chi connectivity index (χ1n) is 10.6. The van der Waals surface area contributed by atoms with Crippen molar-refractivity contribution >= 4 is 45.6 Å². The van der Waals surface area contributed by atoms with Gasteiger partial charge < -0.3 is 0 Å². The maximum absolute atomic E-state index is 5.98. The van der Waals surface area contributed by atoms with Crippen LogP contribution in [-0.2, 0) is 0 Å². The minimum absolute atomic E-state index is 0.783. The average Bonchev–Trinajstić information content (AvgIpc) is 2.83. The standard InChI is InChI=1S/C30H19B/c31-24-17-15-21(16-18-24)29-25-9-3-5-11-27(25)30(28-12-6-4-10-26(28)29)23-14-13-20-7-1-2-8-22(20)19-23/h1-19H. The second-order valence-corrected chi connectivity index (χ2v) is 8.03. The van der Waals surface area contributed by atoms with Crippen molar-refractivity contribution < 1.29 is 0 Å². The summed E-state index contributed by atoms with van der Waals surface area (Å²) in [5.41, 5.74) is 5.76. The predicted octanol–water partition coefficient (Wildman–Crippen LogP) is 7.27. The van der Waals surface area contributed by atoms with Crippen LogP contribution in [0.5, 0.6) is 0 Å². The molecule has 0 N–H and O–H groups in total. The van der Waals surface area contributed by atoms with Crippen LogP contribution in [-0.4, -0.2) is 7.85 Å². The van der Waals surface area contributed by atoms with E-state index in [0.717, 1.165) is 5.46 Å². The molecule has 0 aromatic heterocycles. The molecule has 0 unspecified atom stereocenters. The molecule has 0 nitrogen and oxygen atoms in total. The molecule has 31 heavy (non-hydrogen) atoms. The van der Waals surface area contributed by atoms with Gasteiger partial charge >= 0.3 is 0 Å².